The van der Waals surface area contributed by atoms with Gasteiger partial charge in [0.2, 0.25) is 0 Å². The van der Waals surface area contributed by atoms with Gasteiger partial charge in [0.1, 0.15) is 0 Å². The second-order valence-corrected chi connectivity index (χ2v) is 2.18. The number of carboxylic acid groups (broad SMARTS) is 1. The average Bonchev–Trinajstić information content (AvgIpc) is 2.22. The lowest BCUT2D eigenvalue weighted by molar-refractivity contribution is -0.137. The molecule has 0 aliphatic carbocycles. The maximum atomic E-state index is 10.5. The summed E-state index contributed by atoms with van der Waals surface area (Å²) in [5.74, 6) is -0.475. The molecule has 13 heavy (non-hydrogen) atoms. The number of rotatable bonds is 6. The van der Waals surface area contributed by atoms with Crippen LogP contribution in [0.1, 0.15) is 12.8 Å². The van der Waals surface area contributed by atoms with Crippen molar-refractivity contribution in [3.8, 4) is 0 Å². The zero-order valence-corrected chi connectivity index (χ0v) is 7.15. The third kappa shape index (κ3) is 8.39. The van der Waals surface area contributed by atoms with Gasteiger partial charge in [-0.1, -0.05) is 6.58 Å². The molecule has 5 heteroatoms. The Morgan fingerprint density at radius 1 is 1.38 bits per heavy atom. The van der Waals surface area contributed by atoms with Gasteiger partial charge in [0.15, 0.2) is 0 Å². The molecule has 0 saturated carbocycles. The number of hydrogen-bond acceptors (Lipinski definition) is 5. The molecule has 0 unspecified atom stereocenters. The average molecular weight is 190 g/mol. The van der Waals surface area contributed by atoms with E-state index in [1.54, 1.807) is 0 Å². The molecule has 0 rings (SSSR count). The summed E-state index contributed by atoms with van der Waals surface area (Å²) in [5, 5.41) is 3.50. The largest absolute Gasteiger partial charge is 0.505 e. The van der Waals surface area contributed by atoms with E-state index in [0.717, 1.165) is 6.08 Å². The molecular formula is C8H12O5. The van der Waals surface area contributed by atoms with Crippen molar-refractivity contribution in [3.05, 3.63) is 12.7 Å². The van der Waals surface area contributed by atoms with E-state index in [1.165, 1.54) is 0 Å². The van der Waals surface area contributed by atoms with E-state index in [2.05, 4.69) is 21.2 Å². The highest BCUT2D eigenvalue weighted by Crippen LogP contribution is 1.92. The zero-order valence-electron chi connectivity index (χ0n) is 8.15. The second kappa shape index (κ2) is 7.15. The van der Waals surface area contributed by atoms with E-state index in [4.69, 9.17) is 1.43 Å². The molecule has 0 aliphatic rings. The quantitative estimate of drug-likeness (QED) is 0.387. The maximum absolute atomic E-state index is 10.5. The molecule has 74 valence electrons. The first kappa shape index (κ1) is 9.57. The molecule has 0 fully saturated rings. The molecule has 0 bridgehead atoms. The fourth-order valence-corrected chi connectivity index (χ4v) is 0.591. The first-order chi connectivity index (χ1) is 6.70. The first-order valence-corrected chi connectivity index (χ1v) is 3.79. The van der Waals surface area contributed by atoms with Gasteiger partial charge >= 0.3 is 13.6 Å². The Balaban J connectivity index is 3.18. The number of unbranched alkanes of at least 4 members (excludes halogenated alkanes) is 1. The van der Waals surface area contributed by atoms with Crippen molar-refractivity contribution in [1.29, 1.82) is 1.43 Å². The summed E-state index contributed by atoms with van der Waals surface area (Å²) >= 11 is 0. The van der Waals surface area contributed by atoms with E-state index < -0.39 is 12.1 Å². The lowest BCUT2D eigenvalue weighted by Crippen LogP contribution is -2.05. The molecule has 0 amide bonds. The van der Waals surface area contributed by atoms with Crippen LogP contribution in [0.5, 0.6) is 0 Å². The Labute approximate surface area is 77.4 Å². The Morgan fingerprint density at radius 2 is 2.00 bits per heavy atom. The van der Waals surface area contributed by atoms with Gasteiger partial charge in [0, 0.05) is 6.08 Å². The van der Waals surface area contributed by atoms with Crippen molar-refractivity contribution in [3.63, 3.8) is 0 Å². The Kier molecular flexibility index (Phi) is 5.26. The fraction of sp³-hybridized carbons (Fsp3) is 0.500. The summed E-state index contributed by atoms with van der Waals surface area (Å²) in [7, 11) is 0. The lowest BCUT2D eigenvalue weighted by atomic mass is 10.3. The van der Waals surface area contributed by atoms with E-state index in [1.807, 2.05) is 0 Å². The minimum Gasteiger partial charge on any atom is -0.463 e. The molecule has 0 spiro atoms. The maximum Gasteiger partial charge on any atom is 0.505 e. The SMILES string of the molecule is [3H]OC(=O)OCCCCOC(=O)C=C. The van der Waals surface area contributed by atoms with Crippen molar-refractivity contribution in [2.24, 2.45) is 0 Å². The topological polar surface area (TPSA) is 72.8 Å². The van der Waals surface area contributed by atoms with Crippen LogP contribution < -0.4 is 0 Å². The predicted octanol–water partition coefficient (Wildman–Crippen LogP) is 1.19. The smallest absolute Gasteiger partial charge is 0.463 e. The van der Waals surface area contributed by atoms with Crippen LogP contribution >= 0.6 is 0 Å². The number of ether oxygens (including phenoxy) is 2. The number of carbonyl (C=O) groups excluding carboxylic acids is 1. The molecule has 0 radical (unpaired) electrons. The summed E-state index contributed by atoms with van der Waals surface area (Å²) in [5.41, 5.74) is 0. The van der Waals surface area contributed by atoms with E-state index in [0.29, 0.717) is 12.8 Å². The standard InChI is InChI=1S/C8H12O5/c1-2-7(9)12-5-3-4-6-13-8(10)11/h2H,1,3-6H2,(H,10,11)/i/hT. The van der Waals surface area contributed by atoms with Gasteiger partial charge in [0.05, 0.1) is 13.2 Å². The van der Waals surface area contributed by atoms with Crippen molar-refractivity contribution in [2.75, 3.05) is 13.2 Å². The highest BCUT2D eigenvalue weighted by atomic mass is 16.7. The van der Waals surface area contributed by atoms with Crippen LogP contribution in [0.4, 0.5) is 4.79 Å². The Bertz CT molecular complexity index is 204. The van der Waals surface area contributed by atoms with Gasteiger partial charge < -0.3 is 14.6 Å². The monoisotopic (exact) mass is 190 g/mol. The van der Waals surface area contributed by atoms with Crippen LogP contribution in [-0.2, 0) is 14.3 Å². The normalized spacial score (nSPS) is 9.69. The second-order valence-electron chi connectivity index (χ2n) is 2.18. The van der Waals surface area contributed by atoms with Crippen molar-refractivity contribution in [2.45, 2.75) is 12.8 Å². The van der Waals surface area contributed by atoms with Gasteiger partial charge in [-0.25, -0.2) is 9.59 Å². The zero-order chi connectivity index (χ0) is 10.8. The van der Waals surface area contributed by atoms with E-state index in [-0.39, 0.29) is 13.2 Å². The Morgan fingerprint density at radius 3 is 2.54 bits per heavy atom. The van der Waals surface area contributed by atoms with Gasteiger partial charge in [-0.2, -0.15) is 0 Å². The van der Waals surface area contributed by atoms with Crippen molar-refractivity contribution < 1.29 is 24.2 Å². The summed E-state index contributed by atoms with van der Waals surface area (Å²) in [6.45, 7) is 3.63. The summed E-state index contributed by atoms with van der Waals surface area (Å²) in [6, 6.07) is 0. The number of esters is 1. The third-order valence-electron chi connectivity index (χ3n) is 1.17. The fourth-order valence-electron chi connectivity index (χ4n) is 0.591. The van der Waals surface area contributed by atoms with Gasteiger partial charge in [-0.3, -0.25) is 0 Å². The van der Waals surface area contributed by atoms with Crippen LogP contribution in [0.2, 0.25) is 0 Å². The van der Waals surface area contributed by atoms with E-state index >= 15 is 0 Å². The molecule has 0 aromatic rings. The van der Waals surface area contributed by atoms with Crippen LogP contribution in [0.25, 0.3) is 1.43 Å². The molecule has 5 nitrogen and oxygen atoms in total. The molecule has 0 aliphatic heterocycles. The number of carbonyl (C=O) groups is 2. The van der Waals surface area contributed by atoms with Crippen LogP contribution in [-0.4, -0.2) is 30.4 Å². The van der Waals surface area contributed by atoms with Crippen molar-refractivity contribution in [1.82, 2.24) is 0 Å². The molecule has 0 atom stereocenters. The minimum atomic E-state index is -1.03. The molecule has 0 saturated heterocycles. The van der Waals surface area contributed by atoms with Crippen molar-refractivity contribution >= 4 is 12.1 Å². The molecule has 0 aromatic carbocycles. The predicted molar refractivity (Wildman–Crippen MR) is 44.4 cm³/mol. The van der Waals surface area contributed by atoms with Crippen LogP contribution in [0, 0.1) is 0 Å². The lowest BCUT2D eigenvalue weighted by Gasteiger charge is -2.01. The Hall–Kier alpha value is -1.52. The van der Waals surface area contributed by atoms with Gasteiger partial charge in [0.25, 0.3) is 0 Å². The third-order valence-corrected chi connectivity index (χ3v) is 1.17. The van der Waals surface area contributed by atoms with Gasteiger partial charge in [-0.15, -0.1) is 0 Å². The highest BCUT2D eigenvalue weighted by molar-refractivity contribution is 5.81. The summed E-state index contributed by atoms with van der Waals surface area (Å²) < 4.78 is 15.2. The molecule has 0 heterocycles. The molecular weight excluding hydrogens is 176 g/mol. The highest BCUT2D eigenvalue weighted by Gasteiger charge is 1.97. The van der Waals surface area contributed by atoms with Gasteiger partial charge in [-0.05, 0) is 12.8 Å². The van der Waals surface area contributed by atoms with E-state index in [9.17, 15) is 9.59 Å². The first-order valence-electron chi connectivity index (χ1n) is 4.20. The van der Waals surface area contributed by atoms with Crippen LogP contribution in [0.3, 0.4) is 0 Å². The molecule has 1 N–H and O–H groups in total. The summed E-state index contributed by atoms with van der Waals surface area (Å²) in [6.07, 6.45) is 1.16. The summed E-state index contributed by atoms with van der Waals surface area (Å²) in [4.78, 5) is 20.8. The minimum absolute atomic E-state index is 0.142. The number of hydrogen-bond donors (Lipinski definition) is 1. The molecule has 0 aromatic heterocycles. The van der Waals surface area contributed by atoms with Crippen LogP contribution in [0.15, 0.2) is 12.7 Å².